The van der Waals surface area contributed by atoms with Crippen LogP contribution in [0.25, 0.3) is 11.0 Å². The molecule has 1 aromatic heterocycles. The number of allylic oxidation sites excluding steroid dienone is 1. The normalized spacial score (nSPS) is 14.0. The van der Waals surface area contributed by atoms with Gasteiger partial charge in [0.2, 0.25) is 11.6 Å². The highest BCUT2D eigenvalue weighted by atomic mass is 19.1. The van der Waals surface area contributed by atoms with Crippen LogP contribution in [-0.4, -0.2) is 12.6 Å². The number of furan rings is 1. The summed E-state index contributed by atoms with van der Waals surface area (Å²) < 4.78 is 56.6. The Morgan fingerprint density at radius 2 is 1.82 bits per heavy atom. The van der Waals surface area contributed by atoms with Crippen LogP contribution >= 0.6 is 0 Å². The number of halogens is 2. The second kappa shape index (κ2) is 12.1. The van der Waals surface area contributed by atoms with Crippen molar-refractivity contribution >= 4 is 16.9 Å². The zero-order valence-corrected chi connectivity index (χ0v) is 24.2. The number of fused-ring (bicyclic) bond motifs is 2. The molecule has 0 aliphatic carbocycles. The van der Waals surface area contributed by atoms with E-state index in [1.807, 2.05) is 6.92 Å². The number of nitrogens with zero attached hydrogens (tertiary/aromatic N) is 1. The van der Waals surface area contributed by atoms with Gasteiger partial charge in [0.05, 0.1) is 12.5 Å². The molecule has 1 aliphatic heterocycles. The minimum absolute atomic E-state index is 0.00552. The van der Waals surface area contributed by atoms with Crippen molar-refractivity contribution < 1.29 is 36.9 Å². The molecule has 10 heteroatoms. The Hall–Kier alpha value is -5.82. The molecule has 0 bridgehead atoms. The maximum atomic E-state index is 14.2. The van der Waals surface area contributed by atoms with Crippen LogP contribution in [-0.2, 0) is 6.61 Å². The van der Waals surface area contributed by atoms with E-state index in [-0.39, 0.29) is 41.1 Å². The molecule has 0 radical (unpaired) electrons. The van der Waals surface area contributed by atoms with E-state index in [0.29, 0.717) is 51.3 Å². The van der Waals surface area contributed by atoms with Gasteiger partial charge in [0.25, 0.3) is 0 Å². The monoisotopic (exact) mass is 608 g/mol. The molecular weight excluding hydrogens is 582 g/mol. The van der Waals surface area contributed by atoms with Gasteiger partial charge in [0, 0.05) is 28.1 Å². The van der Waals surface area contributed by atoms with Gasteiger partial charge in [-0.2, -0.15) is 5.26 Å². The molecule has 45 heavy (non-hydrogen) atoms. The fraction of sp³-hybridized carbons (Fsp3) is 0.143. The Kier molecular flexibility index (Phi) is 7.84. The van der Waals surface area contributed by atoms with Gasteiger partial charge >= 0.3 is 5.97 Å². The van der Waals surface area contributed by atoms with E-state index in [4.69, 9.17) is 29.1 Å². The molecule has 2 heterocycles. The maximum absolute atomic E-state index is 14.2. The van der Waals surface area contributed by atoms with E-state index >= 15 is 0 Å². The number of ether oxygens (including phenoxy) is 4. The Morgan fingerprint density at radius 3 is 2.60 bits per heavy atom. The van der Waals surface area contributed by atoms with Crippen LogP contribution < -0.4 is 24.7 Å². The smallest absolute Gasteiger partial charge is 0.379 e. The minimum Gasteiger partial charge on any atom is -0.490 e. The van der Waals surface area contributed by atoms with Crippen molar-refractivity contribution in [1.82, 2.24) is 0 Å². The summed E-state index contributed by atoms with van der Waals surface area (Å²) in [6, 6.07) is 22.4. The first-order chi connectivity index (χ1) is 21.8. The highest BCUT2D eigenvalue weighted by Gasteiger charge is 2.32. The fourth-order valence-electron chi connectivity index (χ4n) is 5.25. The number of nitriles is 1. The molecule has 4 aromatic carbocycles. The molecular formula is C35H26F2N2O6. The van der Waals surface area contributed by atoms with Crippen molar-refractivity contribution in [3.05, 3.63) is 130 Å². The Bertz CT molecular complexity index is 2030. The first-order valence-electron chi connectivity index (χ1n) is 14.0. The van der Waals surface area contributed by atoms with Crippen LogP contribution in [0.2, 0.25) is 0 Å². The molecule has 0 saturated heterocycles. The van der Waals surface area contributed by atoms with Gasteiger partial charge in [0.1, 0.15) is 47.0 Å². The van der Waals surface area contributed by atoms with Gasteiger partial charge in [-0.15, -0.1) is 0 Å². The first-order valence-corrected chi connectivity index (χ1v) is 14.0. The Morgan fingerprint density at radius 1 is 1.00 bits per heavy atom. The molecule has 2 N–H and O–H groups in total. The first kappa shape index (κ1) is 29.3. The van der Waals surface area contributed by atoms with E-state index in [9.17, 15) is 18.8 Å². The summed E-state index contributed by atoms with van der Waals surface area (Å²) >= 11 is 0. The highest BCUT2D eigenvalue weighted by Crippen LogP contribution is 2.45. The average molecular weight is 609 g/mol. The van der Waals surface area contributed by atoms with E-state index in [1.165, 1.54) is 30.3 Å². The Balaban J connectivity index is 1.30. The summed E-state index contributed by atoms with van der Waals surface area (Å²) in [7, 11) is 0. The van der Waals surface area contributed by atoms with Crippen molar-refractivity contribution in [2.24, 2.45) is 5.73 Å². The third-order valence-electron chi connectivity index (χ3n) is 7.43. The van der Waals surface area contributed by atoms with E-state index in [1.54, 1.807) is 55.5 Å². The number of carbonyl (C=O) groups excluding carboxylic acids is 1. The largest absolute Gasteiger partial charge is 0.490 e. The van der Waals surface area contributed by atoms with Crippen LogP contribution in [0.1, 0.15) is 45.7 Å². The molecule has 0 fully saturated rings. The van der Waals surface area contributed by atoms with Gasteiger partial charge in [-0.25, -0.2) is 13.6 Å². The van der Waals surface area contributed by atoms with Crippen molar-refractivity contribution in [2.75, 3.05) is 6.61 Å². The standard InChI is InChI=1S/C35H26F2N2O6/c1-3-41-31-14-20(8-12-29(31)42-18-21-6-4-5-7-27(21)37)32-24-11-10-23(16-30(24)45-34(39)26(32)17-38)43-35(40)33-19(2)25-15-22(36)9-13-28(25)44-33/h4-16,32H,3,18,39H2,1-2H3. The average Bonchev–Trinajstić information content (AvgIpc) is 3.36. The molecule has 8 nitrogen and oxygen atoms in total. The molecule has 1 aliphatic rings. The number of aryl methyl sites for hydroxylation is 1. The second-order valence-electron chi connectivity index (χ2n) is 10.2. The predicted molar refractivity (Wildman–Crippen MR) is 160 cm³/mol. The number of esters is 1. The fourth-order valence-corrected chi connectivity index (χ4v) is 5.25. The molecule has 0 spiro atoms. The lowest BCUT2D eigenvalue weighted by atomic mass is 9.83. The molecule has 0 amide bonds. The molecule has 5 aromatic rings. The third-order valence-corrected chi connectivity index (χ3v) is 7.43. The van der Waals surface area contributed by atoms with Crippen LogP contribution in [0, 0.1) is 29.9 Å². The maximum Gasteiger partial charge on any atom is 0.379 e. The summed E-state index contributed by atoms with van der Waals surface area (Å²) in [5, 5.41) is 10.5. The van der Waals surface area contributed by atoms with E-state index in [0.717, 1.165) is 0 Å². The number of hydrogen-bond donors (Lipinski definition) is 1. The summed E-state index contributed by atoms with van der Waals surface area (Å²) in [6.07, 6.45) is 0. The predicted octanol–water partition coefficient (Wildman–Crippen LogP) is 7.43. The van der Waals surface area contributed by atoms with Crippen molar-refractivity contribution in [3.63, 3.8) is 0 Å². The van der Waals surface area contributed by atoms with Crippen LogP contribution in [0.3, 0.4) is 0 Å². The highest BCUT2D eigenvalue weighted by molar-refractivity contribution is 5.96. The van der Waals surface area contributed by atoms with Gasteiger partial charge in [-0.05, 0) is 61.9 Å². The lowest BCUT2D eigenvalue weighted by Crippen LogP contribution is -2.21. The van der Waals surface area contributed by atoms with Crippen molar-refractivity contribution in [2.45, 2.75) is 26.4 Å². The SMILES string of the molecule is CCOc1cc(C2C(C#N)=C(N)Oc3cc(OC(=O)c4oc5ccc(F)cc5c4C)ccc32)ccc1OCc1ccccc1F. The van der Waals surface area contributed by atoms with Gasteiger partial charge in [-0.3, -0.25) is 0 Å². The molecule has 6 rings (SSSR count). The molecule has 0 saturated carbocycles. The van der Waals surface area contributed by atoms with Crippen LogP contribution in [0.4, 0.5) is 8.78 Å². The third kappa shape index (κ3) is 5.63. The van der Waals surface area contributed by atoms with Gasteiger partial charge in [-0.1, -0.05) is 30.3 Å². The minimum atomic E-state index is -0.773. The lowest BCUT2D eigenvalue weighted by Gasteiger charge is -2.27. The zero-order valence-electron chi connectivity index (χ0n) is 24.2. The van der Waals surface area contributed by atoms with E-state index < -0.39 is 17.7 Å². The van der Waals surface area contributed by atoms with Crippen molar-refractivity contribution in [1.29, 1.82) is 5.26 Å². The summed E-state index contributed by atoms with van der Waals surface area (Å²) in [6.45, 7) is 3.80. The van der Waals surface area contributed by atoms with E-state index in [2.05, 4.69) is 6.07 Å². The number of rotatable bonds is 8. The van der Waals surface area contributed by atoms with Crippen LogP contribution in [0.5, 0.6) is 23.0 Å². The molecule has 1 atom stereocenters. The molecule has 226 valence electrons. The van der Waals surface area contributed by atoms with Gasteiger partial charge in [0.15, 0.2) is 11.5 Å². The number of hydrogen-bond acceptors (Lipinski definition) is 8. The summed E-state index contributed by atoms with van der Waals surface area (Å²) in [5.74, 6) is -1.18. The quantitative estimate of drug-likeness (QED) is 0.143. The second-order valence-corrected chi connectivity index (χ2v) is 10.2. The zero-order chi connectivity index (χ0) is 31.7. The van der Waals surface area contributed by atoms with Crippen LogP contribution in [0.15, 0.2) is 94.7 Å². The Labute approximate surface area is 256 Å². The number of benzene rings is 4. The number of nitrogens with two attached hydrogens (primary N) is 1. The molecule has 1 unspecified atom stereocenters. The van der Waals surface area contributed by atoms with Crippen molar-refractivity contribution in [3.8, 4) is 29.1 Å². The summed E-state index contributed by atoms with van der Waals surface area (Å²) in [4.78, 5) is 13.0. The van der Waals surface area contributed by atoms with Gasteiger partial charge < -0.3 is 29.1 Å². The lowest BCUT2D eigenvalue weighted by molar-refractivity contribution is 0.0702. The number of carbonyl (C=O) groups is 1. The summed E-state index contributed by atoms with van der Waals surface area (Å²) in [5.41, 5.74) is 8.83. The topological polar surface area (TPSA) is 117 Å².